The van der Waals surface area contributed by atoms with E-state index >= 15 is 0 Å². The van der Waals surface area contributed by atoms with Crippen molar-refractivity contribution in [1.29, 1.82) is 0 Å². The number of nitrogens with one attached hydrogen (secondary N) is 1. The van der Waals surface area contributed by atoms with Crippen molar-refractivity contribution in [2.24, 2.45) is 0 Å². The molecule has 1 atom stereocenters. The number of sulfonamides is 1. The minimum atomic E-state index is -3.38. The first kappa shape index (κ1) is 33.5. The largest absolute Gasteiger partial charge is 0.390 e. The lowest BCUT2D eigenvalue weighted by atomic mass is 9.97. The van der Waals surface area contributed by atoms with Crippen LogP contribution in [0.1, 0.15) is 22.4 Å². The van der Waals surface area contributed by atoms with Gasteiger partial charge in [-0.1, -0.05) is 65.7 Å². The number of β-amino-alcohol motifs (C(OH)–C–C–N with tert-alkyl or cyclic N) is 1. The summed E-state index contributed by atoms with van der Waals surface area (Å²) in [6.07, 6.45) is 1.21. The Labute approximate surface area is 285 Å². The molecule has 4 aromatic rings. The van der Waals surface area contributed by atoms with E-state index in [0.717, 1.165) is 81.9 Å². The molecule has 6 rings (SSSR count). The predicted octanol–water partition coefficient (Wildman–Crippen LogP) is 5.54. The van der Waals surface area contributed by atoms with Crippen LogP contribution in [-0.2, 0) is 42.6 Å². The SMILES string of the molecule is CS(=O)(=O)N1CCc2c(c(-c3ccc(Cl)c(-c4ccc(CNCc5ccc(Cl)cc5)cc4)c3)nn2C[C@H](O)CN2CCSCC2)C1. The monoisotopic (exact) mass is 699 g/mol. The molecule has 8 nitrogen and oxygen atoms in total. The van der Waals surface area contributed by atoms with Gasteiger partial charge in [-0.3, -0.25) is 9.58 Å². The number of fused-ring (bicyclic) bond motifs is 1. The number of benzene rings is 3. The normalized spacial score (nSPS) is 16.8. The Morgan fingerprint density at radius 1 is 0.913 bits per heavy atom. The molecule has 0 spiro atoms. The first-order chi connectivity index (χ1) is 22.1. The second kappa shape index (κ2) is 14.8. The number of halogens is 2. The van der Waals surface area contributed by atoms with Crippen LogP contribution in [-0.4, -0.2) is 82.6 Å². The van der Waals surface area contributed by atoms with Crippen LogP contribution in [0, 0.1) is 0 Å². The van der Waals surface area contributed by atoms with Gasteiger partial charge < -0.3 is 10.4 Å². The van der Waals surface area contributed by atoms with Crippen LogP contribution in [0.25, 0.3) is 22.4 Å². The van der Waals surface area contributed by atoms with Crippen LogP contribution in [0.5, 0.6) is 0 Å². The van der Waals surface area contributed by atoms with E-state index in [1.807, 2.05) is 58.9 Å². The number of aromatic nitrogens is 2. The smallest absolute Gasteiger partial charge is 0.211 e. The third-order valence-electron chi connectivity index (χ3n) is 8.60. The zero-order valence-corrected chi connectivity index (χ0v) is 29.0. The first-order valence-corrected chi connectivity index (χ1v) is 19.3. The quantitative estimate of drug-likeness (QED) is 0.213. The van der Waals surface area contributed by atoms with Crippen LogP contribution in [0.2, 0.25) is 10.0 Å². The molecular formula is C34H39Cl2N5O3S2. The highest BCUT2D eigenvalue weighted by atomic mass is 35.5. The number of hydrogen-bond donors (Lipinski definition) is 2. The van der Waals surface area contributed by atoms with Crippen molar-refractivity contribution >= 4 is 45.0 Å². The fourth-order valence-electron chi connectivity index (χ4n) is 6.12. The number of rotatable bonds is 11. The molecule has 1 saturated heterocycles. The van der Waals surface area contributed by atoms with Crippen LogP contribution < -0.4 is 5.32 Å². The third kappa shape index (κ3) is 8.17. The number of thioether (sulfide) groups is 1. The number of aliphatic hydroxyl groups is 1. The van der Waals surface area contributed by atoms with E-state index < -0.39 is 16.1 Å². The third-order valence-corrected chi connectivity index (χ3v) is 11.4. The van der Waals surface area contributed by atoms with Gasteiger partial charge >= 0.3 is 0 Å². The standard InChI is InChI=1S/C34H39Cl2N5O3S2/c1-46(43,44)40-13-12-33-31(23-40)34(38-41(33)22-29(42)21-39-14-16-45-17-15-39)27-8-11-32(36)30(18-27)26-6-2-24(3-7-26)19-37-20-25-4-9-28(35)10-5-25/h2-11,18,29,37,42H,12-17,19-23H2,1H3/t29-/m1/s1. The van der Waals surface area contributed by atoms with Gasteiger partial charge in [-0.25, -0.2) is 8.42 Å². The van der Waals surface area contributed by atoms with E-state index in [2.05, 4.69) is 34.5 Å². The Bertz CT molecular complexity index is 1760. The van der Waals surface area contributed by atoms with Crippen molar-refractivity contribution in [3.8, 4) is 22.4 Å². The highest BCUT2D eigenvalue weighted by Gasteiger charge is 2.30. The van der Waals surface area contributed by atoms with E-state index in [0.29, 0.717) is 31.1 Å². The molecule has 1 aromatic heterocycles. The molecule has 46 heavy (non-hydrogen) atoms. The van der Waals surface area contributed by atoms with Gasteiger partial charge in [0.25, 0.3) is 0 Å². The van der Waals surface area contributed by atoms with Crippen LogP contribution in [0.15, 0.2) is 66.7 Å². The second-order valence-electron chi connectivity index (χ2n) is 12.0. The molecule has 0 aliphatic carbocycles. The van der Waals surface area contributed by atoms with Gasteiger partial charge in [-0.05, 0) is 41.0 Å². The molecule has 2 aliphatic rings. The molecule has 1 fully saturated rings. The highest BCUT2D eigenvalue weighted by molar-refractivity contribution is 7.99. The van der Waals surface area contributed by atoms with Crippen molar-refractivity contribution in [3.63, 3.8) is 0 Å². The Morgan fingerprint density at radius 2 is 1.57 bits per heavy atom. The Morgan fingerprint density at radius 3 is 2.24 bits per heavy atom. The van der Waals surface area contributed by atoms with Gasteiger partial charge in [0, 0.05) is 96.2 Å². The van der Waals surface area contributed by atoms with E-state index in [1.54, 1.807) is 0 Å². The summed E-state index contributed by atoms with van der Waals surface area (Å²) in [5.41, 5.74) is 7.64. The van der Waals surface area contributed by atoms with Crippen LogP contribution in [0.3, 0.4) is 0 Å². The molecule has 3 heterocycles. The minimum absolute atomic E-state index is 0.249. The number of hydrogen-bond acceptors (Lipinski definition) is 7. The summed E-state index contributed by atoms with van der Waals surface area (Å²) in [5.74, 6) is 2.16. The summed E-state index contributed by atoms with van der Waals surface area (Å²) in [5, 5.41) is 20.9. The van der Waals surface area contributed by atoms with Crippen molar-refractivity contribution < 1.29 is 13.5 Å². The first-order valence-electron chi connectivity index (χ1n) is 15.5. The summed E-state index contributed by atoms with van der Waals surface area (Å²) in [4.78, 5) is 2.30. The lowest BCUT2D eigenvalue weighted by Gasteiger charge is -2.29. The zero-order valence-electron chi connectivity index (χ0n) is 25.8. The molecular weight excluding hydrogens is 661 g/mol. The van der Waals surface area contributed by atoms with Crippen molar-refractivity contribution in [2.75, 3.05) is 43.9 Å². The van der Waals surface area contributed by atoms with Crippen LogP contribution in [0.4, 0.5) is 0 Å². The van der Waals surface area contributed by atoms with Gasteiger partial charge in [-0.2, -0.15) is 21.2 Å². The van der Waals surface area contributed by atoms with Crippen LogP contribution >= 0.6 is 35.0 Å². The van der Waals surface area contributed by atoms with E-state index in [1.165, 1.54) is 16.1 Å². The minimum Gasteiger partial charge on any atom is -0.390 e. The Kier molecular flexibility index (Phi) is 10.8. The van der Waals surface area contributed by atoms with Gasteiger partial charge in [0.2, 0.25) is 10.0 Å². The maximum absolute atomic E-state index is 12.5. The summed E-state index contributed by atoms with van der Waals surface area (Å²) in [6, 6.07) is 22.0. The predicted molar refractivity (Wildman–Crippen MR) is 189 cm³/mol. The second-order valence-corrected chi connectivity index (χ2v) is 16.0. The van der Waals surface area contributed by atoms with Crippen molar-refractivity contribution in [3.05, 3.63) is 99.2 Å². The maximum Gasteiger partial charge on any atom is 0.211 e. The number of nitrogens with zero attached hydrogens (tertiary/aromatic N) is 4. The molecule has 0 saturated carbocycles. The topological polar surface area (TPSA) is 90.7 Å². The summed E-state index contributed by atoms with van der Waals surface area (Å²) >= 11 is 14.7. The van der Waals surface area contributed by atoms with Gasteiger partial charge in [0.15, 0.2) is 0 Å². The van der Waals surface area contributed by atoms with Crippen molar-refractivity contribution in [1.82, 2.24) is 24.3 Å². The molecule has 0 unspecified atom stereocenters. The van der Waals surface area contributed by atoms with E-state index in [9.17, 15) is 13.5 Å². The molecule has 2 N–H and O–H groups in total. The van der Waals surface area contributed by atoms with Crippen molar-refractivity contribution in [2.45, 2.75) is 38.7 Å². The molecule has 12 heteroatoms. The number of aliphatic hydroxyl groups excluding tert-OH is 1. The fourth-order valence-corrected chi connectivity index (χ4v) is 8.24. The average molecular weight is 701 g/mol. The molecule has 244 valence electrons. The van der Waals surface area contributed by atoms with E-state index in [4.69, 9.17) is 28.3 Å². The maximum atomic E-state index is 12.5. The lowest BCUT2D eigenvalue weighted by Crippen LogP contribution is -2.40. The van der Waals surface area contributed by atoms with Gasteiger partial charge in [0.05, 0.1) is 24.6 Å². The summed E-state index contributed by atoms with van der Waals surface area (Å²) < 4.78 is 28.5. The Hall–Kier alpha value is -2.41. The van der Waals surface area contributed by atoms with Gasteiger partial charge in [-0.15, -0.1) is 0 Å². The molecule has 2 aliphatic heterocycles. The fraction of sp³-hybridized carbons (Fsp3) is 0.382. The lowest BCUT2D eigenvalue weighted by molar-refractivity contribution is 0.0985. The van der Waals surface area contributed by atoms with Gasteiger partial charge in [0.1, 0.15) is 0 Å². The zero-order chi connectivity index (χ0) is 32.3. The molecule has 0 bridgehead atoms. The Balaban J connectivity index is 1.23. The molecule has 0 amide bonds. The molecule has 0 radical (unpaired) electrons. The average Bonchev–Trinajstić information content (AvgIpc) is 3.40. The molecule has 3 aromatic carbocycles. The van der Waals surface area contributed by atoms with E-state index in [-0.39, 0.29) is 6.54 Å². The summed E-state index contributed by atoms with van der Waals surface area (Å²) in [7, 11) is -3.38. The highest BCUT2D eigenvalue weighted by Crippen LogP contribution is 2.36. The summed E-state index contributed by atoms with van der Waals surface area (Å²) in [6.45, 7) is 5.01.